The third-order valence-corrected chi connectivity index (χ3v) is 2.01. The predicted molar refractivity (Wildman–Crippen MR) is 51.2 cm³/mol. The van der Waals surface area contributed by atoms with E-state index in [-0.39, 0.29) is 5.52 Å². The summed E-state index contributed by atoms with van der Waals surface area (Å²) >= 11 is 0. The van der Waals surface area contributed by atoms with Gasteiger partial charge >= 0.3 is 6.18 Å². The van der Waals surface area contributed by atoms with E-state index in [9.17, 15) is 13.2 Å². The number of nitrogens with two attached hydrogens (primary N) is 1. The van der Waals surface area contributed by atoms with Crippen LogP contribution in [0.4, 0.5) is 18.9 Å². The zero-order valence-corrected chi connectivity index (χ0v) is 7.55. The Bertz CT molecular complexity index is 505. The molecule has 0 atom stereocenters. The molecule has 0 aliphatic heterocycles. The highest BCUT2D eigenvalue weighted by molar-refractivity contribution is 5.81. The first-order valence-electron chi connectivity index (χ1n) is 4.20. The summed E-state index contributed by atoms with van der Waals surface area (Å²) in [5.41, 5.74) is 5.21. The van der Waals surface area contributed by atoms with Crippen LogP contribution in [0.15, 0.2) is 30.3 Å². The summed E-state index contributed by atoms with van der Waals surface area (Å²) in [6.45, 7) is 0. The summed E-state index contributed by atoms with van der Waals surface area (Å²) in [6.07, 6.45) is -4.42. The number of hydrogen-bond donors (Lipinski definition) is 1. The smallest absolute Gasteiger partial charge is 0.399 e. The molecular weight excluding hydrogens is 205 g/mol. The molecule has 0 unspecified atom stereocenters. The number of aromatic nitrogens is 1. The van der Waals surface area contributed by atoms with Crippen LogP contribution in [0, 0.1) is 0 Å². The number of rotatable bonds is 0. The van der Waals surface area contributed by atoms with Gasteiger partial charge in [-0.05, 0) is 18.2 Å². The average Bonchev–Trinajstić information content (AvgIpc) is 2.15. The molecule has 1 heterocycles. The van der Waals surface area contributed by atoms with Crippen LogP contribution in [0.2, 0.25) is 0 Å². The third kappa shape index (κ3) is 1.86. The van der Waals surface area contributed by atoms with Gasteiger partial charge in [-0.15, -0.1) is 0 Å². The van der Waals surface area contributed by atoms with Crippen molar-refractivity contribution in [2.45, 2.75) is 6.18 Å². The van der Waals surface area contributed by atoms with Gasteiger partial charge in [0.1, 0.15) is 5.69 Å². The maximum absolute atomic E-state index is 12.3. The van der Waals surface area contributed by atoms with Gasteiger partial charge in [0, 0.05) is 11.1 Å². The van der Waals surface area contributed by atoms with Gasteiger partial charge < -0.3 is 5.73 Å². The molecule has 1 aromatic carbocycles. The molecule has 0 saturated heterocycles. The highest BCUT2D eigenvalue weighted by Crippen LogP contribution is 2.29. The molecule has 0 bridgehead atoms. The summed E-state index contributed by atoms with van der Waals surface area (Å²) in [5.74, 6) is 0. The number of nitrogen functional groups attached to an aromatic ring is 1. The fraction of sp³-hybridized carbons (Fsp3) is 0.100. The molecule has 15 heavy (non-hydrogen) atoms. The van der Waals surface area contributed by atoms with E-state index < -0.39 is 11.9 Å². The highest BCUT2D eigenvalue weighted by atomic mass is 19.4. The van der Waals surface area contributed by atoms with Gasteiger partial charge in [-0.3, -0.25) is 0 Å². The normalized spacial score (nSPS) is 11.9. The maximum atomic E-state index is 12.3. The molecule has 0 aliphatic carbocycles. The summed E-state index contributed by atoms with van der Waals surface area (Å²) < 4.78 is 37.0. The van der Waals surface area contributed by atoms with Crippen molar-refractivity contribution in [3.05, 3.63) is 36.0 Å². The molecule has 0 amide bonds. The van der Waals surface area contributed by atoms with Crippen molar-refractivity contribution in [2.75, 3.05) is 5.73 Å². The lowest BCUT2D eigenvalue weighted by Crippen LogP contribution is -2.07. The van der Waals surface area contributed by atoms with Crippen LogP contribution in [0.1, 0.15) is 5.69 Å². The van der Waals surface area contributed by atoms with Gasteiger partial charge in [0.25, 0.3) is 0 Å². The van der Waals surface area contributed by atoms with Crippen LogP contribution >= 0.6 is 0 Å². The second-order valence-corrected chi connectivity index (χ2v) is 3.15. The monoisotopic (exact) mass is 212 g/mol. The van der Waals surface area contributed by atoms with Crippen molar-refractivity contribution in [2.24, 2.45) is 0 Å². The number of anilines is 1. The van der Waals surface area contributed by atoms with Crippen LogP contribution in [0.25, 0.3) is 10.9 Å². The van der Waals surface area contributed by atoms with Crippen LogP contribution in [-0.4, -0.2) is 4.98 Å². The minimum absolute atomic E-state index is 0.254. The number of nitrogens with zero attached hydrogens (tertiary/aromatic N) is 1. The lowest BCUT2D eigenvalue weighted by molar-refractivity contribution is -0.140. The summed E-state index contributed by atoms with van der Waals surface area (Å²) in [6, 6.07) is 7.02. The molecule has 5 heteroatoms. The third-order valence-electron chi connectivity index (χ3n) is 2.01. The standard InChI is InChI=1S/C10H7F3N2/c11-10(12,13)9-4-2-6-1-3-7(14)5-8(6)15-9/h1-5H,14H2. The first-order chi connectivity index (χ1) is 6.97. The van der Waals surface area contributed by atoms with E-state index in [1.54, 1.807) is 12.1 Å². The van der Waals surface area contributed by atoms with E-state index in [0.717, 1.165) is 6.07 Å². The van der Waals surface area contributed by atoms with E-state index in [4.69, 9.17) is 5.73 Å². The number of fused-ring (bicyclic) bond motifs is 1. The van der Waals surface area contributed by atoms with Crippen molar-refractivity contribution >= 4 is 16.6 Å². The Morgan fingerprint density at radius 3 is 2.40 bits per heavy atom. The van der Waals surface area contributed by atoms with Gasteiger partial charge in [-0.2, -0.15) is 13.2 Å². The quantitative estimate of drug-likeness (QED) is 0.682. The molecule has 0 spiro atoms. The van der Waals surface area contributed by atoms with Gasteiger partial charge in [-0.1, -0.05) is 12.1 Å². The molecule has 0 aliphatic rings. The van der Waals surface area contributed by atoms with E-state index in [1.165, 1.54) is 12.1 Å². The first kappa shape index (κ1) is 9.76. The molecule has 2 N–H and O–H groups in total. The first-order valence-corrected chi connectivity index (χ1v) is 4.20. The Morgan fingerprint density at radius 1 is 1.07 bits per heavy atom. The Labute approximate surface area is 83.5 Å². The second kappa shape index (κ2) is 3.12. The summed E-state index contributed by atoms with van der Waals surface area (Å²) in [5, 5.41) is 0.636. The van der Waals surface area contributed by atoms with Gasteiger partial charge in [0.15, 0.2) is 0 Å². The lowest BCUT2D eigenvalue weighted by atomic mass is 10.2. The SMILES string of the molecule is Nc1ccc2ccc(C(F)(F)F)nc2c1. The van der Waals surface area contributed by atoms with Crippen molar-refractivity contribution < 1.29 is 13.2 Å². The largest absolute Gasteiger partial charge is 0.433 e. The Kier molecular flexibility index (Phi) is 2.03. The number of benzene rings is 1. The molecule has 2 aromatic rings. The molecule has 0 saturated carbocycles. The van der Waals surface area contributed by atoms with E-state index in [0.29, 0.717) is 11.1 Å². The molecule has 0 radical (unpaired) electrons. The maximum Gasteiger partial charge on any atom is 0.433 e. The summed E-state index contributed by atoms with van der Waals surface area (Å²) in [7, 11) is 0. The molecule has 1 aromatic heterocycles. The van der Waals surface area contributed by atoms with Gasteiger partial charge in [-0.25, -0.2) is 4.98 Å². The van der Waals surface area contributed by atoms with Crippen LogP contribution < -0.4 is 5.73 Å². The predicted octanol–water partition coefficient (Wildman–Crippen LogP) is 2.84. The molecular formula is C10H7F3N2. The van der Waals surface area contributed by atoms with Crippen molar-refractivity contribution in [3.8, 4) is 0 Å². The average molecular weight is 212 g/mol. The molecule has 78 valence electrons. The second-order valence-electron chi connectivity index (χ2n) is 3.15. The number of alkyl halides is 3. The van der Waals surface area contributed by atoms with Crippen molar-refractivity contribution in [3.63, 3.8) is 0 Å². The minimum atomic E-state index is -4.42. The Hall–Kier alpha value is -1.78. The van der Waals surface area contributed by atoms with E-state index >= 15 is 0 Å². The Morgan fingerprint density at radius 2 is 1.73 bits per heavy atom. The van der Waals surface area contributed by atoms with E-state index in [2.05, 4.69) is 4.98 Å². The lowest BCUT2D eigenvalue weighted by Gasteiger charge is -2.06. The fourth-order valence-corrected chi connectivity index (χ4v) is 1.29. The number of hydrogen-bond acceptors (Lipinski definition) is 2. The van der Waals surface area contributed by atoms with Crippen LogP contribution in [0.5, 0.6) is 0 Å². The fourth-order valence-electron chi connectivity index (χ4n) is 1.29. The van der Waals surface area contributed by atoms with Crippen molar-refractivity contribution in [1.29, 1.82) is 0 Å². The number of pyridine rings is 1. The van der Waals surface area contributed by atoms with Gasteiger partial charge in [0.2, 0.25) is 0 Å². The van der Waals surface area contributed by atoms with Crippen LogP contribution in [-0.2, 0) is 6.18 Å². The van der Waals surface area contributed by atoms with Crippen LogP contribution in [0.3, 0.4) is 0 Å². The molecule has 0 fully saturated rings. The summed E-state index contributed by atoms with van der Waals surface area (Å²) in [4.78, 5) is 3.50. The number of halogens is 3. The zero-order valence-electron chi connectivity index (χ0n) is 7.55. The Balaban J connectivity index is 2.64. The van der Waals surface area contributed by atoms with Gasteiger partial charge in [0.05, 0.1) is 5.52 Å². The topological polar surface area (TPSA) is 38.9 Å². The minimum Gasteiger partial charge on any atom is -0.399 e. The zero-order chi connectivity index (χ0) is 11.1. The molecule has 2 nitrogen and oxygen atoms in total. The highest BCUT2D eigenvalue weighted by Gasteiger charge is 2.32. The molecule has 2 rings (SSSR count). The van der Waals surface area contributed by atoms with E-state index in [1.807, 2.05) is 0 Å². The van der Waals surface area contributed by atoms with Crippen molar-refractivity contribution in [1.82, 2.24) is 4.98 Å².